The molecule has 0 spiro atoms. The summed E-state index contributed by atoms with van der Waals surface area (Å²) in [4.78, 5) is 11.7. The van der Waals surface area contributed by atoms with E-state index in [0.717, 1.165) is 25.7 Å². The van der Waals surface area contributed by atoms with E-state index in [0.29, 0.717) is 0 Å². The number of hydrogen-bond donors (Lipinski definition) is 2. The van der Waals surface area contributed by atoms with E-state index in [2.05, 4.69) is 5.32 Å². The average Bonchev–Trinajstić information content (AvgIpc) is 2.30. The monoisotopic (exact) mass is 266 g/mol. The molecule has 3 N–H and O–H groups in total. The first-order valence-electron chi connectivity index (χ1n) is 5.76. The Morgan fingerprint density at radius 3 is 2.65 bits per heavy atom. The van der Waals surface area contributed by atoms with Gasteiger partial charge in [0, 0.05) is 14.2 Å². The molecule has 0 radical (unpaired) electrons. The molecule has 1 aliphatic carbocycles. The van der Waals surface area contributed by atoms with Crippen LogP contribution in [0.1, 0.15) is 25.7 Å². The summed E-state index contributed by atoms with van der Waals surface area (Å²) in [5.74, 6) is -0.157. The summed E-state index contributed by atoms with van der Waals surface area (Å²) in [5, 5.41) is 2.94. The molecule has 0 aromatic heterocycles. The highest BCUT2D eigenvalue weighted by Crippen LogP contribution is 2.20. The second-order valence-electron chi connectivity index (χ2n) is 4.24. The lowest BCUT2D eigenvalue weighted by Crippen LogP contribution is -2.52. The molecule has 0 aromatic rings. The molecule has 1 amide bonds. The molecule has 0 aromatic carbocycles. The molecule has 5 nitrogen and oxygen atoms in total. The summed E-state index contributed by atoms with van der Waals surface area (Å²) in [6, 6.07) is -0.501. The molecular formula is C11H23ClN2O3. The van der Waals surface area contributed by atoms with Crippen molar-refractivity contribution in [3.8, 4) is 0 Å². The molecule has 0 saturated heterocycles. The molecule has 1 saturated carbocycles. The Labute approximate surface area is 109 Å². The quantitative estimate of drug-likeness (QED) is 0.758. The number of carbonyl (C=O) groups is 1. The molecule has 1 fully saturated rings. The maximum absolute atomic E-state index is 11.7. The fourth-order valence-electron chi connectivity index (χ4n) is 2.09. The Kier molecular flexibility index (Phi) is 8.51. The molecular weight excluding hydrogens is 244 g/mol. The van der Waals surface area contributed by atoms with Crippen LogP contribution in [0.25, 0.3) is 0 Å². The molecule has 0 heterocycles. The van der Waals surface area contributed by atoms with E-state index in [4.69, 9.17) is 15.2 Å². The number of nitrogens with two attached hydrogens (primary N) is 1. The predicted octanol–water partition coefficient (Wildman–Crippen LogP) is 0.456. The van der Waals surface area contributed by atoms with Gasteiger partial charge in [-0.05, 0) is 12.8 Å². The van der Waals surface area contributed by atoms with Crippen LogP contribution < -0.4 is 11.1 Å². The SMILES string of the molecule is COCC(N)C(=O)NC1CCCCC1OC.Cl. The Bertz CT molecular complexity index is 229. The van der Waals surface area contributed by atoms with Gasteiger partial charge in [0.05, 0.1) is 18.8 Å². The van der Waals surface area contributed by atoms with Crippen LogP contribution >= 0.6 is 12.4 Å². The minimum atomic E-state index is -0.593. The van der Waals surface area contributed by atoms with Gasteiger partial charge in [-0.25, -0.2) is 0 Å². The highest BCUT2D eigenvalue weighted by atomic mass is 35.5. The predicted molar refractivity (Wildman–Crippen MR) is 68.3 cm³/mol. The number of amides is 1. The summed E-state index contributed by atoms with van der Waals surface area (Å²) >= 11 is 0. The van der Waals surface area contributed by atoms with Gasteiger partial charge in [0.15, 0.2) is 0 Å². The van der Waals surface area contributed by atoms with Crippen molar-refractivity contribution in [2.75, 3.05) is 20.8 Å². The van der Waals surface area contributed by atoms with Gasteiger partial charge >= 0.3 is 0 Å². The van der Waals surface area contributed by atoms with Crippen LogP contribution in [0.5, 0.6) is 0 Å². The van der Waals surface area contributed by atoms with Crippen LogP contribution in [0.4, 0.5) is 0 Å². The number of methoxy groups -OCH3 is 2. The molecule has 0 bridgehead atoms. The molecule has 102 valence electrons. The van der Waals surface area contributed by atoms with Crippen molar-refractivity contribution in [1.82, 2.24) is 5.32 Å². The molecule has 1 aliphatic rings. The first kappa shape index (κ1) is 16.6. The van der Waals surface area contributed by atoms with Gasteiger partial charge < -0.3 is 20.5 Å². The van der Waals surface area contributed by atoms with E-state index in [-0.39, 0.29) is 37.1 Å². The number of ether oxygens (including phenoxy) is 2. The third kappa shape index (κ3) is 5.21. The average molecular weight is 267 g/mol. The van der Waals surface area contributed by atoms with Crippen LogP contribution in [0.3, 0.4) is 0 Å². The van der Waals surface area contributed by atoms with Crippen LogP contribution in [-0.4, -0.2) is 44.9 Å². The standard InChI is InChI=1S/C11H22N2O3.ClH/c1-15-7-8(12)11(14)13-9-5-3-4-6-10(9)16-2;/h8-10H,3-7,12H2,1-2H3,(H,13,14);1H. The first-order valence-corrected chi connectivity index (χ1v) is 5.76. The minimum Gasteiger partial charge on any atom is -0.383 e. The van der Waals surface area contributed by atoms with Crippen molar-refractivity contribution in [3.63, 3.8) is 0 Å². The Morgan fingerprint density at radius 2 is 2.06 bits per heavy atom. The van der Waals surface area contributed by atoms with E-state index in [1.165, 1.54) is 7.11 Å². The molecule has 0 aliphatic heterocycles. The summed E-state index contributed by atoms with van der Waals surface area (Å²) in [6.45, 7) is 0.246. The second kappa shape index (κ2) is 8.69. The normalized spacial score (nSPS) is 25.8. The number of nitrogens with one attached hydrogen (secondary N) is 1. The summed E-state index contributed by atoms with van der Waals surface area (Å²) in [5.41, 5.74) is 5.65. The summed E-state index contributed by atoms with van der Waals surface area (Å²) in [7, 11) is 3.22. The van der Waals surface area contributed by atoms with E-state index in [1.807, 2.05) is 0 Å². The molecule has 3 atom stereocenters. The van der Waals surface area contributed by atoms with Crippen molar-refractivity contribution in [1.29, 1.82) is 0 Å². The number of hydrogen-bond acceptors (Lipinski definition) is 4. The second-order valence-corrected chi connectivity index (χ2v) is 4.24. The zero-order valence-electron chi connectivity index (χ0n) is 10.5. The lowest BCUT2D eigenvalue weighted by molar-refractivity contribution is -0.125. The Hall–Kier alpha value is -0.360. The highest BCUT2D eigenvalue weighted by molar-refractivity contribution is 5.85. The molecule has 1 rings (SSSR count). The number of halogens is 1. The third-order valence-electron chi connectivity index (χ3n) is 3.02. The lowest BCUT2D eigenvalue weighted by Gasteiger charge is -2.31. The number of carbonyl (C=O) groups excluding carboxylic acids is 1. The van der Waals surface area contributed by atoms with E-state index >= 15 is 0 Å². The number of rotatable bonds is 5. The van der Waals surface area contributed by atoms with Crippen molar-refractivity contribution in [2.45, 2.75) is 43.9 Å². The maximum atomic E-state index is 11.7. The van der Waals surface area contributed by atoms with Gasteiger partial charge in [0.25, 0.3) is 0 Å². The first-order chi connectivity index (χ1) is 7.69. The minimum absolute atomic E-state index is 0. The molecule has 17 heavy (non-hydrogen) atoms. The fraction of sp³-hybridized carbons (Fsp3) is 0.909. The summed E-state index contributed by atoms with van der Waals surface area (Å²) in [6.07, 6.45) is 4.37. The Morgan fingerprint density at radius 1 is 1.41 bits per heavy atom. The van der Waals surface area contributed by atoms with E-state index in [9.17, 15) is 4.79 Å². The van der Waals surface area contributed by atoms with Crippen LogP contribution in [0.2, 0.25) is 0 Å². The molecule has 3 unspecified atom stereocenters. The van der Waals surface area contributed by atoms with Crippen LogP contribution in [-0.2, 0) is 14.3 Å². The zero-order valence-corrected chi connectivity index (χ0v) is 11.3. The zero-order chi connectivity index (χ0) is 12.0. The van der Waals surface area contributed by atoms with Crippen molar-refractivity contribution < 1.29 is 14.3 Å². The topological polar surface area (TPSA) is 73.6 Å². The Balaban J connectivity index is 0.00000256. The van der Waals surface area contributed by atoms with Gasteiger partial charge in [-0.2, -0.15) is 0 Å². The lowest BCUT2D eigenvalue weighted by atomic mass is 9.92. The smallest absolute Gasteiger partial charge is 0.239 e. The van der Waals surface area contributed by atoms with Crippen LogP contribution in [0, 0.1) is 0 Å². The van der Waals surface area contributed by atoms with Crippen molar-refractivity contribution >= 4 is 18.3 Å². The molecule has 6 heteroatoms. The van der Waals surface area contributed by atoms with E-state index < -0.39 is 6.04 Å². The van der Waals surface area contributed by atoms with Gasteiger partial charge in [-0.1, -0.05) is 12.8 Å². The maximum Gasteiger partial charge on any atom is 0.239 e. The largest absolute Gasteiger partial charge is 0.383 e. The van der Waals surface area contributed by atoms with E-state index in [1.54, 1.807) is 7.11 Å². The highest BCUT2D eigenvalue weighted by Gasteiger charge is 2.27. The van der Waals surface area contributed by atoms with Gasteiger partial charge in [-0.15, -0.1) is 12.4 Å². The van der Waals surface area contributed by atoms with Crippen LogP contribution in [0.15, 0.2) is 0 Å². The summed E-state index contributed by atoms with van der Waals surface area (Å²) < 4.78 is 10.2. The van der Waals surface area contributed by atoms with Gasteiger partial charge in [0.2, 0.25) is 5.91 Å². The third-order valence-corrected chi connectivity index (χ3v) is 3.02. The van der Waals surface area contributed by atoms with Gasteiger partial charge in [0.1, 0.15) is 6.04 Å². The van der Waals surface area contributed by atoms with Gasteiger partial charge in [-0.3, -0.25) is 4.79 Å². The van der Waals surface area contributed by atoms with Crippen molar-refractivity contribution in [3.05, 3.63) is 0 Å². The van der Waals surface area contributed by atoms with Crippen molar-refractivity contribution in [2.24, 2.45) is 5.73 Å². The fourth-order valence-corrected chi connectivity index (χ4v) is 2.09.